The lowest BCUT2D eigenvalue weighted by Crippen LogP contribution is -2.11. The summed E-state index contributed by atoms with van der Waals surface area (Å²) < 4.78 is 6.50. The number of benzene rings is 2. The maximum atomic E-state index is 12.8. The van der Waals surface area contributed by atoms with Crippen molar-refractivity contribution < 1.29 is 9.53 Å². The van der Waals surface area contributed by atoms with Crippen LogP contribution in [0, 0.1) is 11.3 Å². The van der Waals surface area contributed by atoms with Crippen LogP contribution in [-0.4, -0.2) is 17.6 Å². The van der Waals surface area contributed by atoms with Crippen LogP contribution < -0.4 is 4.74 Å². The SMILES string of the molecule is COc1c(Cl)cc(C(=O)n2cc(C#N)c3ccccc32)cc1Cl. The number of carbonyl (C=O) groups is 1. The summed E-state index contributed by atoms with van der Waals surface area (Å²) in [4.78, 5) is 12.8. The van der Waals surface area contributed by atoms with Crippen LogP contribution in [0.5, 0.6) is 5.75 Å². The predicted molar refractivity (Wildman–Crippen MR) is 89.4 cm³/mol. The highest BCUT2D eigenvalue weighted by Gasteiger charge is 2.18. The van der Waals surface area contributed by atoms with Crippen molar-refractivity contribution in [1.29, 1.82) is 5.26 Å². The van der Waals surface area contributed by atoms with Crippen molar-refractivity contribution in [3.05, 3.63) is 63.8 Å². The molecule has 6 heteroatoms. The zero-order valence-corrected chi connectivity index (χ0v) is 13.5. The van der Waals surface area contributed by atoms with Gasteiger partial charge in [0.2, 0.25) is 0 Å². The molecule has 3 rings (SSSR count). The molecular formula is C17H10Cl2N2O2. The van der Waals surface area contributed by atoms with E-state index in [1.807, 2.05) is 6.07 Å². The van der Waals surface area contributed by atoms with Crippen LogP contribution in [0.15, 0.2) is 42.6 Å². The molecule has 2 aromatic carbocycles. The van der Waals surface area contributed by atoms with E-state index < -0.39 is 0 Å². The Morgan fingerprint density at radius 1 is 1.22 bits per heavy atom. The van der Waals surface area contributed by atoms with Gasteiger partial charge in [-0.2, -0.15) is 5.26 Å². The summed E-state index contributed by atoms with van der Waals surface area (Å²) in [7, 11) is 1.45. The molecule has 0 aliphatic heterocycles. The van der Waals surface area contributed by atoms with Gasteiger partial charge in [0.05, 0.1) is 28.2 Å². The van der Waals surface area contributed by atoms with E-state index in [9.17, 15) is 10.1 Å². The second-order valence-electron chi connectivity index (χ2n) is 4.82. The van der Waals surface area contributed by atoms with Crippen LogP contribution in [0.3, 0.4) is 0 Å². The van der Waals surface area contributed by atoms with Crippen molar-refractivity contribution in [2.24, 2.45) is 0 Å². The van der Waals surface area contributed by atoms with E-state index in [0.29, 0.717) is 27.8 Å². The van der Waals surface area contributed by atoms with Crippen molar-refractivity contribution in [3.63, 3.8) is 0 Å². The van der Waals surface area contributed by atoms with Gasteiger partial charge in [-0.05, 0) is 18.2 Å². The minimum atomic E-state index is -0.325. The third-order valence-corrected chi connectivity index (χ3v) is 4.06. The number of hydrogen-bond donors (Lipinski definition) is 0. The van der Waals surface area contributed by atoms with Crippen LogP contribution in [0.4, 0.5) is 0 Å². The van der Waals surface area contributed by atoms with Gasteiger partial charge < -0.3 is 4.74 Å². The summed E-state index contributed by atoms with van der Waals surface area (Å²) in [5.41, 5.74) is 1.39. The van der Waals surface area contributed by atoms with Gasteiger partial charge in [-0.25, -0.2) is 0 Å². The van der Waals surface area contributed by atoms with Crippen LogP contribution in [-0.2, 0) is 0 Å². The van der Waals surface area contributed by atoms with E-state index in [4.69, 9.17) is 27.9 Å². The fourth-order valence-corrected chi connectivity index (χ4v) is 3.10. The first-order chi connectivity index (χ1) is 11.1. The van der Waals surface area contributed by atoms with Crippen LogP contribution >= 0.6 is 23.2 Å². The number of fused-ring (bicyclic) bond motifs is 1. The summed E-state index contributed by atoms with van der Waals surface area (Å²) in [5.74, 6) is -0.00545. The Hall–Kier alpha value is -2.48. The van der Waals surface area contributed by atoms with Gasteiger partial charge in [0, 0.05) is 17.1 Å². The molecule has 23 heavy (non-hydrogen) atoms. The highest BCUT2D eigenvalue weighted by Crippen LogP contribution is 2.34. The highest BCUT2D eigenvalue weighted by atomic mass is 35.5. The first kappa shape index (κ1) is 15.4. The average Bonchev–Trinajstić information content (AvgIpc) is 2.92. The van der Waals surface area contributed by atoms with Gasteiger partial charge in [-0.3, -0.25) is 9.36 Å². The maximum absolute atomic E-state index is 12.8. The van der Waals surface area contributed by atoms with Gasteiger partial charge in [-0.1, -0.05) is 41.4 Å². The summed E-state index contributed by atoms with van der Waals surface area (Å²) in [6, 6.07) is 12.3. The van der Waals surface area contributed by atoms with Gasteiger partial charge in [0.25, 0.3) is 5.91 Å². The molecular weight excluding hydrogens is 335 g/mol. The predicted octanol–water partition coefficient (Wildman–Crippen LogP) is 4.52. The normalized spacial score (nSPS) is 10.5. The number of methoxy groups -OCH3 is 1. The van der Waals surface area contributed by atoms with E-state index in [1.54, 1.807) is 18.2 Å². The van der Waals surface area contributed by atoms with E-state index in [2.05, 4.69) is 6.07 Å². The zero-order valence-electron chi connectivity index (χ0n) is 12.0. The second kappa shape index (κ2) is 5.96. The molecule has 1 heterocycles. The van der Waals surface area contributed by atoms with Gasteiger partial charge in [-0.15, -0.1) is 0 Å². The van der Waals surface area contributed by atoms with Crippen molar-refractivity contribution in [3.8, 4) is 11.8 Å². The molecule has 0 amide bonds. The molecule has 0 saturated heterocycles. The van der Waals surface area contributed by atoms with Crippen LogP contribution in [0.1, 0.15) is 15.9 Å². The summed E-state index contributed by atoms with van der Waals surface area (Å²) >= 11 is 12.2. The van der Waals surface area contributed by atoms with Crippen LogP contribution in [0.2, 0.25) is 10.0 Å². The summed E-state index contributed by atoms with van der Waals surface area (Å²) in [6.45, 7) is 0. The number of rotatable bonds is 2. The van der Waals surface area contributed by atoms with Crippen LogP contribution in [0.25, 0.3) is 10.9 Å². The highest BCUT2D eigenvalue weighted by molar-refractivity contribution is 6.37. The second-order valence-corrected chi connectivity index (χ2v) is 5.63. The first-order valence-corrected chi connectivity index (χ1v) is 7.40. The Morgan fingerprint density at radius 3 is 2.48 bits per heavy atom. The fourth-order valence-electron chi connectivity index (χ4n) is 2.45. The molecule has 114 valence electrons. The monoisotopic (exact) mass is 344 g/mol. The van der Waals surface area contributed by atoms with E-state index in [1.165, 1.54) is 30.0 Å². The smallest absolute Gasteiger partial charge is 0.262 e. The largest absolute Gasteiger partial charge is 0.494 e. The Bertz CT molecular complexity index is 947. The Morgan fingerprint density at radius 2 is 1.87 bits per heavy atom. The number of nitriles is 1. The molecule has 0 aliphatic rings. The number of ether oxygens (including phenoxy) is 1. The standard InChI is InChI=1S/C17H10Cl2N2O2/c1-23-16-13(18)6-10(7-14(16)19)17(22)21-9-11(8-20)12-4-2-3-5-15(12)21/h2-7,9H,1H3. The molecule has 0 saturated carbocycles. The fraction of sp³-hybridized carbons (Fsp3) is 0.0588. The van der Waals surface area contributed by atoms with Crippen molar-refractivity contribution in [2.75, 3.05) is 7.11 Å². The molecule has 4 nitrogen and oxygen atoms in total. The van der Waals surface area contributed by atoms with E-state index >= 15 is 0 Å². The topological polar surface area (TPSA) is 55.0 Å². The van der Waals surface area contributed by atoms with Gasteiger partial charge in [0.1, 0.15) is 6.07 Å². The molecule has 0 unspecified atom stereocenters. The van der Waals surface area contributed by atoms with Gasteiger partial charge >= 0.3 is 0 Å². The molecule has 0 spiro atoms. The van der Waals surface area contributed by atoms with Gasteiger partial charge in [0.15, 0.2) is 5.75 Å². The molecule has 0 atom stereocenters. The van der Waals surface area contributed by atoms with Crippen molar-refractivity contribution >= 4 is 40.0 Å². The Labute approximate surface area is 142 Å². The summed E-state index contributed by atoms with van der Waals surface area (Å²) in [5, 5.41) is 10.4. The number of halogens is 2. The van der Waals surface area contributed by atoms with E-state index in [-0.39, 0.29) is 16.0 Å². The third kappa shape index (κ3) is 2.55. The minimum absolute atomic E-state index is 0.250. The minimum Gasteiger partial charge on any atom is -0.494 e. The maximum Gasteiger partial charge on any atom is 0.262 e. The van der Waals surface area contributed by atoms with Crippen molar-refractivity contribution in [1.82, 2.24) is 4.57 Å². The number of nitrogens with zero attached hydrogens (tertiary/aromatic N) is 2. The molecule has 0 radical (unpaired) electrons. The number of aromatic nitrogens is 1. The average molecular weight is 345 g/mol. The molecule has 1 aromatic heterocycles. The lowest BCUT2D eigenvalue weighted by atomic mass is 10.2. The molecule has 0 aliphatic carbocycles. The molecule has 3 aromatic rings. The number of para-hydroxylation sites is 1. The summed E-state index contributed by atoms with van der Waals surface area (Å²) in [6.07, 6.45) is 1.51. The molecule has 0 N–H and O–H groups in total. The lowest BCUT2D eigenvalue weighted by molar-refractivity contribution is 0.0965. The third-order valence-electron chi connectivity index (χ3n) is 3.50. The zero-order chi connectivity index (χ0) is 16.6. The van der Waals surface area contributed by atoms with Crippen molar-refractivity contribution in [2.45, 2.75) is 0 Å². The number of carbonyl (C=O) groups excluding carboxylic acids is 1. The quantitative estimate of drug-likeness (QED) is 0.686. The Kier molecular flexibility index (Phi) is 3.99. The lowest BCUT2D eigenvalue weighted by Gasteiger charge is -2.09. The number of hydrogen-bond acceptors (Lipinski definition) is 3. The molecule has 0 fully saturated rings. The molecule has 0 bridgehead atoms. The Balaban J connectivity index is 2.17. The van der Waals surface area contributed by atoms with E-state index in [0.717, 1.165) is 0 Å². The first-order valence-electron chi connectivity index (χ1n) is 6.64.